The summed E-state index contributed by atoms with van der Waals surface area (Å²) in [6.07, 6.45) is -4.59. The highest BCUT2D eigenvalue weighted by Crippen LogP contribution is 2.38. The molecule has 0 unspecified atom stereocenters. The van der Waals surface area contributed by atoms with Crippen molar-refractivity contribution in [2.45, 2.75) is 25.6 Å². The number of amides is 1. The average Bonchev–Trinajstić information content (AvgIpc) is 3.36. The van der Waals surface area contributed by atoms with Crippen molar-refractivity contribution in [2.75, 3.05) is 18.2 Å². The molecular weight excluding hydrogens is 521 g/mol. The van der Waals surface area contributed by atoms with E-state index in [4.69, 9.17) is 16.3 Å². The Hall–Kier alpha value is -3.12. The third-order valence-electron chi connectivity index (χ3n) is 5.74. The van der Waals surface area contributed by atoms with E-state index < -0.39 is 39.0 Å². The monoisotopic (exact) mass is 542 g/mol. The molecule has 2 aromatic carbocycles. The number of nitrogens with zero attached hydrogens (tertiary/aromatic N) is 4. The summed E-state index contributed by atoms with van der Waals surface area (Å²) in [7, 11) is -1.84. The van der Waals surface area contributed by atoms with Crippen molar-refractivity contribution < 1.29 is 31.1 Å². The summed E-state index contributed by atoms with van der Waals surface area (Å²) < 4.78 is 71.9. The molecule has 1 aliphatic heterocycles. The van der Waals surface area contributed by atoms with Gasteiger partial charge in [0.15, 0.2) is 27.1 Å². The normalized spacial score (nSPS) is 15.8. The molecule has 2 heterocycles. The van der Waals surface area contributed by atoms with Crippen LogP contribution < -0.4 is 4.74 Å². The molecule has 3 aromatic rings. The molecule has 8 nitrogen and oxygen atoms in total. The van der Waals surface area contributed by atoms with Crippen LogP contribution in [0.5, 0.6) is 5.75 Å². The zero-order valence-corrected chi connectivity index (χ0v) is 21.1. The van der Waals surface area contributed by atoms with Gasteiger partial charge in [0, 0.05) is 24.2 Å². The maximum absolute atomic E-state index is 13.6. The van der Waals surface area contributed by atoms with E-state index in [1.165, 1.54) is 52.9 Å². The van der Waals surface area contributed by atoms with Gasteiger partial charge in [0.1, 0.15) is 11.6 Å². The lowest BCUT2D eigenvalue weighted by atomic mass is 10.1. The molecule has 1 aliphatic rings. The zero-order chi connectivity index (χ0) is 26.5. The Balaban J connectivity index is 1.69. The van der Waals surface area contributed by atoms with E-state index in [9.17, 15) is 26.4 Å². The molecule has 4 rings (SSSR count). The summed E-state index contributed by atoms with van der Waals surface area (Å²) in [5.74, 6) is -0.814. The van der Waals surface area contributed by atoms with Gasteiger partial charge in [-0.3, -0.25) is 4.79 Å². The van der Waals surface area contributed by atoms with Crippen molar-refractivity contribution in [2.24, 2.45) is 7.05 Å². The number of benzene rings is 2. The largest absolute Gasteiger partial charge is 0.479 e. The molecule has 36 heavy (non-hydrogen) atoms. The predicted molar refractivity (Wildman–Crippen MR) is 126 cm³/mol. The average molecular weight is 543 g/mol. The van der Waals surface area contributed by atoms with E-state index in [1.54, 1.807) is 13.8 Å². The van der Waals surface area contributed by atoms with Gasteiger partial charge in [-0.05, 0) is 38.1 Å². The molecule has 0 aliphatic carbocycles. The second-order valence-electron chi connectivity index (χ2n) is 8.85. The highest BCUT2D eigenvalue weighted by Gasteiger charge is 2.37. The fourth-order valence-electron chi connectivity index (χ4n) is 4.04. The van der Waals surface area contributed by atoms with Crippen LogP contribution in [0.15, 0.2) is 42.5 Å². The van der Waals surface area contributed by atoms with Crippen LogP contribution in [-0.4, -0.2) is 52.2 Å². The van der Waals surface area contributed by atoms with Gasteiger partial charge in [-0.25, -0.2) is 8.42 Å². The van der Waals surface area contributed by atoms with E-state index in [0.29, 0.717) is 0 Å². The molecule has 1 fully saturated rings. The summed E-state index contributed by atoms with van der Waals surface area (Å²) >= 11 is 6.10. The smallest absolute Gasteiger partial charge is 0.417 e. The summed E-state index contributed by atoms with van der Waals surface area (Å²) in [6, 6.07) is 9.40. The van der Waals surface area contributed by atoms with E-state index >= 15 is 0 Å². The Morgan fingerprint density at radius 3 is 2.44 bits per heavy atom. The number of hydrogen-bond donors (Lipinski definition) is 0. The number of aromatic nitrogens is 3. The van der Waals surface area contributed by atoms with Crippen molar-refractivity contribution in [3.8, 4) is 17.1 Å². The van der Waals surface area contributed by atoms with E-state index in [1.807, 2.05) is 0 Å². The first-order valence-electron chi connectivity index (χ1n) is 10.7. The molecule has 0 saturated carbocycles. The number of rotatable bonds is 5. The van der Waals surface area contributed by atoms with Crippen LogP contribution in [0.1, 0.15) is 35.6 Å². The lowest BCUT2D eigenvalue weighted by Crippen LogP contribution is -2.32. The third-order valence-corrected chi connectivity index (χ3v) is 7.48. The maximum Gasteiger partial charge on any atom is 0.417 e. The Labute approximate surface area is 210 Å². The third kappa shape index (κ3) is 5.05. The minimum absolute atomic E-state index is 0.00993. The van der Waals surface area contributed by atoms with Gasteiger partial charge in [0.2, 0.25) is 0 Å². The molecule has 0 bridgehead atoms. The maximum atomic E-state index is 13.6. The SMILES string of the molecule is Cn1c(-c2ccccc2C(F)(F)F)nnc1C(C)(C)Oc1ccc(Cl)cc1C(=O)N1CCS(=O)(=O)C1. The standard InChI is InChI=1S/C23H22ClF3N4O4S/c1-22(2,21-29-28-19(30(21)3)15-6-4-5-7-17(15)23(25,26)27)35-18-9-8-14(24)12-16(18)20(32)31-10-11-36(33,34)13-31/h4-9,12H,10-11,13H2,1-3H3. The summed E-state index contributed by atoms with van der Waals surface area (Å²) in [5, 5.41) is 8.33. The fourth-order valence-corrected chi connectivity index (χ4v) is 5.56. The molecule has 1 aromatic heterocycles. The Morgan fingerprint density at radius 2 is 1.81 bits per heavy atom. The Bertz CT molecular complexity index is 1440. The lowest BCUT2D eigenvalue weighted by Gasteiger charge is -2.27. The molecular formula is C23H22ClF3N4O4S. The summed E-state index contributed by atoms with van der Waals surface area (Å²) in [6.45, 7) is 3.29. The number of carbonyl (C=O) groups excluding carboxylic acids is 1. The van der Waals surface area contributed by atoms with Gasteiger partial charge < -0.3 is 14.2 Å². The van der Waals surface area contributed by atoms with Crippen molar-refractivity contribution in [3.05, 3.63) is 64.4 Å². The first-order valence-corrected chi connectivity index (χ1v) is 12.9. The molecule has 0 N–H and O–H groups in total. The van der Waals surface area contributed by atoms with E-state index in [-0.39, 0.29) is 45.8 Å². The van der Waals surface area contributed by atoms with Crippen LogP contribution in [0.25, 0.3) is 11.4 Å². The van der Waals surface area contributed by atoms with E-state index in [0.717, 1.165) is 6.07 Å². The van der Waals surface area contributed by atoms with Gasteiger partial charge >= 0.3 is 6.18 Å². The van der Waals surface area contributed by atoms with Gasteiger partial charge in [0.05, 0.1) is 16.9 Å². The first kappa shape index (κ1) is 26.0. The van der Waals surface area contributed by atoms with Gasteiger partial charge in [-0.2, -0.15) is 13.2 Å². The van der Waals surface area contributed by atoms with Crippen LogP contribution in [0.4, 0.5) is 13.2 Å². The van der Waals surface area contributed by atoms with Gasteiger partial charge in [-0.15, -0.1) is 10.2 Å². The number of hydrogen-bond acceptors (Lipinski definition) is 6. The van der Waals surface area contributed by atoms with Gasteiger partial charge in [0.25, 0.3) is 5.91 Å². The summed E-state index contributed by atoms with van der Waals surface area (Å²) in [4.78, 5) is 14.3. The highest BCUT2D eigenvalue weighted by molar-refractivity contribution is 7.91. The fraction of sp³-hybridized carbons (Fsp3) is 0.348. The molecule has 1 amide bonds. The Kier molecular flexibility index (Phi) is 6.54. The minimum atomic E-state index is -4.59. The molecule has 192 valence electrons. The quantitative estimate of drug-likeness (QED) is 0.477. The van der Waals surface area contributed by atoms with Crippen LogP contribution in [0.2, 0.25) is 5.02 Å². The zero-order valence-electron chi connectivity index (χ0n) is 19.5. The lowest BCUT2D eigenvalue weighted by molar-refractivity contribution is -0.137. The van der Waals surface area contributed by atoms with Crippen molar-refractivity contribution in [1.29, 1.82) is 0 Å². The molecule has 13 heteroatoms. The number of sulfone groups is 1. The van der Waals surface area contributed by atoms with Crippen LogP contribution in [0, 0.1) is 0 Å². The van der Waals surface area contributed by atoms with Gasteiger partial charge in [-0.1, -0.05) is 29.8 Å². The number of alkyl halides is 3. The van der Waals surface area contributed by atoms with Crippen molar-refractivity contribution in [3.63, 3.8) is 0 Å². The number of halogens is 4. The summed E-state index contributed by atoms with van der Waals surface area (Å²) in [5.41, 5.74) is -2.19. The second-order valence-corrected chi connectivity index (χ2v) is 11.4. The highest BCUT2D eigenvalue weighted by atomic mass is 35.5. The van der Waals surface area contributed by atoms with Crippen LogP contribution in [-0.2, 0) is 28.7 Å². The van der Waals surface area contributed by atoms with Crippen molar-refractivity contribution in [1.82, 2.24) is 19.7 Å². The van der Waals surface area contributed by atoms with Crippen LogP contribution in [0.3, 0.4) is 0 Å². The predicted octanol–water partition coefficient (Wildman–Crippen LogP) is 4.30. The Morgan fingerprint density at radius 1 is 1.11 bits per heavy atom. The minimum Gasteiger partial charge on any atom is -0.479 e. The number of ether oxygens (including phenoxy) is 1. The topological polar surface area (TPSA) is 94.4 Å². The second kappa shape index (κ2) is 9.07. The van der Waals surface area contributed by atoms with Crippen LogP contribution >= 0.6 is 11.6 Å². The van der Waals surface area contributed by atoms with E-state index in [2.05, 4.69) is 10.2 Å². The first-order chi connectivity index (χ1) is 16.7. The molecule has 1 saturated heterocycles. The van der Waals surface area contributed by atoms with Crippen molar-refractivity contribution >= 4 is 27.3 Å². The molecule has 0 spiro atoms. The number of carbonyl (C=O) groups is 1. The molecule has 0 atom stereocenters. The molecule has 0 radical (unpaired) electrons.